The number of aromatic nitrogens is 2. The van der Waals surface area contributed by atoms with Crippen molar-refractivity contribution in [1.29, 1.82) is 0 Å². The first-order chi connectivity index (χ1) is 17.6. The van der Waals surface area contributed by atoms with Crippen molar-refractivity contribution in [1.82, 2.24) is 20.0 Å². The molecule has 0 saturated heterocycles. The lowest BCUT2D eigenvalue weighted by Crippen LogP contribution is -2.53. The van der Waals surface area contributed by atoms with E-state index in [2.05, 4.69) is 40.8 Å². The number of anilines is 1. The minimum Gasteiger partial charge on any atom is -0.497 e. The van der Waals surface area contributed by atoms with Gasteiger partial charge in [-0.1, -0.05) is 42.5 Å². The Morgan fingerprint density at radius 3 is 2.36 bits per heavy atom. The molecule has 0 aliphatic carbocycles. The molecule has 1 aliphatic rings. The van der Waals surface area contributed by atoms with Gasteiger partial charge in [0.2, 0.25) is 12.3 Å². The second-order valence-corrected chi connectivity index (χ2v) is 8.53. The Kier molecular flexibility index (Phi) is 6.62. The summed E-state index contributed by atoms with van der Waals surface area (Å²) in [6.07, 6.45) is 3.64. The monoisotopic (exact) mass is 481 g/mol. The fourth-order valence-electron chi connectivity index (χ4n) is 4.29. The van der Waals surface area contributed by atoms with Crippen LogP contribution < -0.4 is 24.8 Å². The van der Waals surface area contributed by atoms with E-state index >= 15 is 0 Å². The number of methoxy groups -OCH3 is 2. The molecule has 0 spiro atoms. The molecular formula is C28H29N6O2+. The highest BCUT2D eigenvalue weighted by molar-refractivity contribution is 5.93. The first kappa shape index (κ1) is 23.5. The van der Waals surface area contributed by atoms with Crippen molar-refractivity contribution in [3.05, 3.63) is 96.2 Å². The van der Waals surface area contributed by atoms with E-state index in [1.54, 1.807) is 20.4 Å². The van der Waals surface area contributed by atoms with Crippen molar-refractivity contribution < 1.29 is 9.47 Å². The predicted molar refractivity (Wildman–Crippen MR) is 143 cm³/mol. The third-order valence-electron chi connectivity index (χ3n) is 6.22. The standard InChI is InChI=1S/C28H29N6O2/c1-20(22-9-5-4-6-10-22)32-28-29-14-13-27(33-28)34(19-30-25-11-7-8-12-26(25)34)31-18-21-15-23(35-2)17-24(16-21)36-3/h4-17,19-20,31H,18H2,1-3H3,(H,29,32,33)/q+1. The fraction of sp³-hybridized carbons (Fsp3) is 0.179. The molecule has 2 N–H and O–H groups in total. The van der Waals surface area contributed by atoms with Crippen LogP contribution in [-0.2, 0) is 6.54 Å². The van der Waals surface area contributed by atoms with Crippen LogP contribution in [-0.4, -0.2) is 30.5 Å². The molecule has 8 nitrogen and oxygen atoms in total. The first-order valence-electron chi connectivity index (χ1n) is 11.8. The Morgan fingerprint density at radius 2 is 1.61 bits per heavy atom. The predicted octanol–water partition coefficient (Wildman–Crippen LogP) is 5.68. The number of benzene rings is 3. The van der Waals surface area contributed by atoms with Gasteiger partial charge < -0.3 is 14.8 Å². The quantitative estimate of drug-likeness (QED) is 0.299. The van der Waals surface area contributed by atoms with Gasteiger partial charge in [0.25, 0.3) is 5.82 Å². The number of fused-ring (bicyclic) bond motifs is 1. The molecule has 36 heavy (non-hydrogen) atoms. The molecule has 5 rings (SSSR count). The lowest BCUT2D eigenvalue weighted by Gasteiger charge is -2.29. The Labute approximate surface area is 210 Å². The maximum Gasteiger partial charge on any atom is 0.263 e. The second kappa shape index (κ2) is 10.2. The van der Waals surface area contributed by atoms with Crippen molar-refractivity contribution in [3.8, 4) is 11.5 Å². The van der Waals surface area contributed by atoms with Crippen molar-refractivity contribution in [3.63, 3.8) is 0 Å². The van der Waals surface area contributed by atoms with Gasteiger partial charge >= 0.3 is 0 Å². The molecule has 2 heterocycles. The average molecular weight is 482 g/mol. The van der Waals surface area contributed by atoms with Gasteiger partial charge in [-0.3, -0.25) is 0 Å². The van der Waals surface area contributed by atoms with Crippen LogP contribution in [0.1, 0.15) is 24.1 Å². The maximum absolute atomic E-state index is 5.46. The highest BCUT2D eigenvalue weighted by Crippen LogP contribution is 2.42. The van der Waals surface area contributed by atoms with Gasteiger partial charge in [0.05, 0.1) is 26.8 Å². The van der Waals surface area contributed by atoms with Crippen LogP contribution in [0, 0.1) is 0 Å². The van der Waals surface area contributed by atoms with E-state index in [9.17, 15) is 0 Å². The maximum atomic E-state index is 5.46. The Morgan fingerprint density at radius 1 is 0.889 bits per heavy atom. The molecule has 1 aromatic heterocycles. The molecule has 0 amide bonds. The Bertz CT molecular complexity index is 1360. The number of hydrogen-bond donors (Lipinski definition) is 2. The number of quaternary nitrogens is 1. The highest BCUT2D eigenvalue weighted by atomic mass is 16.5. The molecule has 1 aliphatic heterocycles. The van der Waals surface area contributed by atoms with E-state index in [4.69, 9.17) is 19.5 Å². The molecule has 0 fully saturated rings. The van der Waals surface area contributed by atoms with Gasteiger partial charge in [-0.25, -0.2) is 4.98 Å². The topological polar surface area (TPSA) is 80.7 Å². The number of nitrogens with zero attached hydrogens (tertiary/aromatic N) is 4. The fourth-order valence-corrected chi connectivity index (χ4v) is 4.29. The zero-order chi connectivity index (χ0) is 25.0. The number of para-hydroxylation sites is 2. The minimum absolute atomic E-state index is 0.0478. The summed E-state index contributed by atoms with van der Waals surface area (Å²) in [5, 5.41) is 3.43. The Hall–Kier alpha value is -4.27. The molecule has 4 aromatic rings. The van der Waals surface area contributed by atoms with E-state index in [1.807, 2.05) is 67.0 Å². The molecule has 8 heteroatoms. The van der Waals surface area contributed by atoms with Gasteiger partial charge in [-0.05, 0) is 36.2 Å². The number of rotatable bonds is 9. The zero-order valence-corrected chi connectivity index (χ0v) is 20.6. The third kappa shape index (κ3) is 4.64. The second-order valence-electron chi connectivity index (χ2n) is 8.53. The summed E-state index contributed by atoms with van der Waals surface area (Å²) in [5.41, 5.74) is 7.69. The van der Waals surface area contributed by atoms with Gasteiger partial charge in [0.1, 0.15) is 17.2 Å². The molecule has 2 atom stereocenters. The minimum atomic E-state index is 0.0478. The first-order valence-corrected chi connectivity index (χ1v) is 11.8. The molecule has 3 aromatic carbocycles. The number of hydrogen-bond acceptors (Lipinski definition) is 7. The summed E-state index contributed by atoms with van der Waals surface area (Å²) >= 11 is 0. The smallest absolute Gasteiger partial charge is 0.263 e. The summed E-state index contributed by atoms with van der Waals surface area (Å²) in [5.74, 6) is 2.76. The molecule has 0 radical (unpaired) electrons. The van der Waals surface area contributed by atoms with Gasteiger partial charge in [0, 0.05) is 24.4 Å². The van der Waals surface area contributed by atoms with Crippen molar-refractivity contribution in [2.24, 2.45) is 4.99 Å². The van der Waals surface area contributed by atoms with E-state index in [0.717, 1.165) is 39.8 Å². The van der Waals surface area contributed by atoms with Crippen LogP contribution in [0.5, 0.6) is 11.5 Å². The number of nitrogens with one attached hydrogen (secondary N) is 2. The summed E-state index contributed by atoms with van der Waals surface area (Å²) < 4.78 is 11.1. The van der Waals surface area contributed by atoms with Gasteiger partial charge in [-0.2, -0.15) is 9.98 Å². The largest absolute Gasteiger partial charge is 0.497 e. The van der Waals surface area contributed by atoms with E-state index in [1.165, 1.54) is 0 Å². The highest BCUT2D eigenvalue weighted by Gasteiger charge is 2.41. The van der Waals surface area contributed by atoms with E-state index in [-0.39, 0.29) is 10.6 Å². The molecule has 182 valence electrons. The zero-order valence-electron chi connectivity index (χ0n) is 20.6. The van der Waals surface area contributed by atoms with E-state index < -0.39 is 0 Å². The Balaban J connectivity index is 1.49. The van der Waals surface area contributed by atoms with Gasteiger partial charge in [0.15, 0.2) is 5.69 Å². The molecule has 0 saturated carbocycles. The van der Waals surface area contributed by atoms with Crippen LogP contribution in [0.25, 0.3) is 0 Å². The molecule has 0 bridgehead atoms. The van der Waals surface area contributed by atoms with Crippen LogP contribution in [0.3, 0.4) is 0 Å². The van der Waals surface area contributed by atoms with E-state index in [0.29, 0.717) is 12.5 Å². The molecular weight excluding hydrogens is 452 g/mol. The van der Waals surface area contributed by atoms with Crippen LogP contribution in [0.4, 0.5) is 23.1 Å². The van der Waals surface area contributed by atoms with Gasteiger partial charge in [-0.15, -0.1) is 10.0 Å². The lowest BCUT2D eigenvalue weighted by molar-refractivity contribution is 0.387. The van der Waals surface area contributed by atoms with Crippen molar-refractivity contribution >= 4 is 29.5 Å². The summed E-state index contributed by atoms with van der Waals surface area (Å²) in [4.78, 5) is 14.1. The number of ether oxygens (including phenoxy) is 2. The SMILES string of the molecule is COc1cc(CN[N+]2(c3ccnc(NC(C)c4ccccc4)n3)C=Nc3ccccc32)cc(OC)c1. The number of aliphatic imine (C=N–C) groups is 1. The van der Waals surface area contributed by atoms with Crippen LogP contribution in [0.2, 0.25) is 0 Å². The lowest BCUT2D eigenvalue weighted by atomic mass is 10.1. The molecule has 2 unspecified atom stereocenters. The van der Waals surface area contributed by atoms with Crippen LogP contribution in [0.15, 0.2) is 90.1 Å². The summed E-state index contributed by atoms with van der Waals surface area (Å²) in [6, 6.07) is 26.1. The van der Waals surface area contributed by atoms with Crippen LogP contribution >= 0.6 is 0 Å². The summed E-state index contributed by atoms with van der Waals surface area (Å²) in [7, 11) is 3.30. The average Bonchev–Trinajstić information content (AvgIpc) is 3.32. The summed E-state index contributed by atoms with van der Waals surface area (Å²) in [6.45, 7) is 2.61. The van der Waals surface area contributed by atoms with Crippen molar-refractivity contribution in [2.75, 3.05) is 19.5 Å². The van der Waals surface area contributed by atoms with Crippen molar-refractivity contribution in [2.45, 2.75) is 19.5 Å². The normalized spacial score (nSPS) is 16.9. The third-order valence-corrected chi connectivity index (χ3v) is 6.22.